The number of nitrogens with one attached hydrogen (secondary N) is 1. The standard InChI is InChI=1S/C12H11NO3S/c1-13-11-7-4-2-3-5-9(7)17-12(11)8(14)6-10(15)16/h2-5,13H,6H2,1H3,(H,15,16). The van der Waals surface area contributed by atoms with Crippen LogP contribution in [0, 0.1) is 0 Å². The van der Waals surface area contributed by atoms with Crippen molar-refractivity contribution < 1.29 is 14.7 Å². The molecule has 0 fully saturated rings. The highest BCUT2D eigenvalue weighted by molar-refractivity contribution is 7.21. The Morgan fingerprint density at radius 1 is 1.35 bits per heavy atom. The minimum Gasteiger partial charge on any atom is -0.481 e. The van der Waals surface area contributed by atoms with Crippen molar-refractivity contribution in [1.29, 1.82) is 0 Å². The molecule has 0 saturated heterocycles. The molecule has 0 aliphatic carbocycles. The number of anilines is 1. The van der Waals surface area contributed by atoms with E-state index in [1.807, 2.05) is 24.3 Å². The van der Waals surface area contributed by atoms with Gasteiger partial charge in [-0.15, -0.1) is 11.3 Å². The molecular weight excluding hydrogens is 238 g/mol. The number of rotatable bonds is 4. The Morgan fingerprint density at radius 3 is 2.71 bits per heavy atom. The maximum atomic E-state index is 11.8. The van der Waals surface area contributed by atoms with Crippen molar-refractivity contribution in [2.45, 2.75) is 6.42 Å². The number of aliphatic carboxylic acids is 1. The zero-order valence-corrected chi connectivity index (χ0v) is 10.0. The molecule has 88 valence electrons. The van der Waals surface area contributed by atoms with Crippen LogP contribution >= 0.6 is 11.3 Å². The van der Waals surface area contributed by atoms with Crippen LogP contribution < -0.4 is 5.32 Å². The van der Waals surface area contributed by atoms with Crippen LogP contribution in [-0.2, 0) is 4.79 Å². The second-order valence-corrected chi connectivity index (χ2v) is 4.60. The van der Waals surface area contributed by atoms with E-state index >= 15 is 0 Å². The van der Waals surface area contributed by atoms with Gasteiger partial charge in [0.1, 0.15) is 6.42 Å². The van der Waals surface area contributed by atoms with Crippen molar-refractivity contribution in [3.63, 3.8) is 0 Å². The lowest BCUT2D eigenvalue weighted by atomic mass is 10.1. The van der Waals surface area contributed by atoms with E-state index in [1.165, 1.54) is 11.3 Å². The monoisotopic (exact) mass is 249 g/mol. The van der Waals surface area contributed by atoms with Gasteiger partial charge in [0.15, 0.2) is 5.78 Å². The molecule has 2 rings (SSSR count). The van der Waals surface area contributed by atoms with E-state index in [4.69, 9.17) is 5.11 Å². The molecule has 0 spiro atoms. The normalized spacial score (nSPS) is 10.4. The number of carbonyl (C=O) groups is 2. The van der Waals surface area contributed by atoms with E-state index in [9.17, 15) is 9.59 Å². The van der Waals surface area contributed by atoms with Crippen LogP contribution in [-0.4, -0.2) is 23.9 Å². The third-order valence-electron chi connectivity index (χ3n) is 2.41. The number of ketones is 1. The minimum atomic E-state index is -1.10. The van der Waals surface area contributed by atoms with Gasteiger partial charge >= 0.3 is 5.97 Å². The summed E-state index contributed by atoms with van der Waals surface area (Å²) >= 11 is 1.32. The van der Waals surface area contributed by atoms with Crippen LogP contribution in [0.4, 0.5) is 5.69 Å². The van der Waals surface area contributed by atoms with Crippen LogP contribution in [0.5, 0.6) is 0 Å². The van der Waals surface area contributed by atoms with E-state index in [0.29, 0.717) is 4.88 Å². The maximum Gasteiger partial charge on any atom is 0.311 e. The lowest BCUT2D eigenvalue weighted by Crippen LogP contribution is -2.07. The Morgan fingerprint density at radius 2 is 2.06 bits per heavy atom. The second kappa shape index (κ2) is 4.55. The van der Waals surface area contributed by atoms with Crippen LogP contribution in [0.15, 0.2) is 24.3 Å². The fourth-order valence-corrected chi connectivity index (χ4v) is 2.85. The van der Waals surface area contributed by atoms with Crippen LogP contribution in [0.3, 0.4) is 0 Å². The predicted molar refractivity (Wildman–Crippen MR) is 68.0 cm³/mol. The van der Waals surface area contributed by atoms with Crippen molar-refractivity contribution in [3.8, 4) is 0 Å². The first kappa shape index (κ1) is 11.6. The summed E-state index contributed by atoms with van der Waals surface area (Å²) in [5.74, 6) is -1.46. The number of carbonyl (C=O) groups excluding carboxylic acids is 1. The fourth-order valence-electron chi connectivity index (χ4n) is 1.71. The molecule has 0 bridgehead atoms. The number of carboxylic acids is 1. The Kier molecular flexibility index (Phi) is 3.10. The number of fused-ring (bicyclic) bond motifs is 1. The number of hydrogen-bond acceptors (Lipinski definition) is 4. The van der Waals surface area contributed by atoms with Crippen LogP contribution in [0.25, 0.3) is 10.1 Å². The molecule has 0 saturated carbocycles. The van der Waals surface area contributed by atoms with E-state index in [-0.39, 0.29) is 5.78 Å². The van der Waals surface area contributed by atoms with Crippen LogP contribution in [0.2, 0.25) is 0 Å². The SMILES string of the molecule is CNc1c(C(=O)CC(=O)O)sc2ccccc12. The summed E-state index contributed by atoms with van der Waals surface area (Å²) in [6, 6.07) is 7.61. The van der Waals surface area contributed by atoms with Crippen LogP contribution in [0.1, 0.15) is 16.1 Å². The topological polar surface area (TPSA) is 66.4 Å². The molecular formula is C12H11NO3S. The number of hydrogen-bond donors (Lipinski definition) is 2. The van der Waals surface area contributed by atoms with Gasteiger partial charge in [0, 0.05) is 17.1 Å². The first-order valence-corrected chi connectivity index (χ1v) is 5.89. The molecule has 5 heteroatoms. The first-order valence-electron chi connectivity index (χ1n) is 5.07. The molecule has 1 aromatic carbocycles. The molecule has 0 atom stereocenters. The summed E-state index contributed by atoms with van der Waals surface area (Å²) in [6.07, 6.45) is -0.471. The molecule has 0 amide bonds. The molecule has 1 aromatic heterocycles. The van der Waals surface area contributed by atoms with Gasteiger partial charge in [0.25, 0.3) is 0 Å². The van der Waals surface area contributed by atoms with E-state index in [1.54, 1.807) is 7.05 Å². The van der Waals surface area contributed by atoms with E-state index < -0.39 is 12.4 Å². The highest BCUT2D eigenvalue weighted by Gasteiger charge is 2.19. The number of benzene rings is 1. The Bertz CT molecular complexity index is 588. The molecule has 1 heterocycles. The number of carboxylic acid groups (broad SMARTS) is 1. The van der Waals surface area contributed by atoms with Crippen molar-refractivity contribution in [1.82, 2.24) is 0 Å². The molecule has 0 aliphatic rings. The fraction of sp³-hybridized carbons (Fsp3) is 0.167. The third kappa shape index (κ3) is 2.14. The smallest absolute Gasteiger partial charge is 0.311 e. The van der Waals surface area contributed by atoms with Crippen molar-refractivity contribution in [2.75, 3.05) is 12.4 Å². The third-order valence-corrected chi connectivity index (χ3v) is 3.62. The average Bonchev–Trinajstić information content (AvgIpc) is 2.66. The molecule has 2 N–H and O–H groups in total. The summed E-state index contributed by atoms with van der Waals surface area (Å²) in [5.41, 5.74) is 0.719. The van der Waals surface area contributed by atoms with Gasteiger partial charge in [-0.25, -0.2) is 0 Å². The van der Waals surface area contributed by atoms with E-state index in [0.717, 1.165) is 15.8 Å². The van der Waals surface area contributed by atoms with Gasteiger partial charge in [0.05, 0.1) is 10.6 Å². The summed E-state index contributed by atoms with van der Waals surface area (Å²) < 4.78 is 0.977. The van der Waals surface area contributed by atoms with Gasteiger partial charge in [-0.3, -0.25) is 9.59 Å². The second-order valence-electron chi connectivity index (χ2n) is 3.55. The number of thiophene rings is 1. The average molecular weight is 249 g/mol. The van der Waals surface area contributed by atoms with Gasteiger partial charge in [-0.05, 0) is 6.07 Å². The summed E-state index contributed by atoms with van der Waals surface area (Å²) in [7, 11) is 1.73. The molecule has 0 unspecified atom stereocenters. The molecule has 17 heavy (non-hydrogen) atoms. The van der Waals surface area contributed by atoms with Gasteiger partial charge in [-0.2, -0.15) is 0 Å². The van der Waals surface area contributed by atoms with Gasteiger partial charge < -0.3 is 10.4 Å². The van der Waals surface area contributed by atoms with Gasteiger partial charge in [-0.1, -0.05) is 18.2 Å². The highest BCUT2D eigenvalue weighted by atomic mass is 32.1. The summed E-state index contributed by atoms with van der Waals surface area (Å²) in [6.45, 7) is 0. The zero-order chi connectivity index (χ0) is 12.4. The van der Waals surface area contributed by atoms with Crippen molar-refractivity contribution in [2.24, 2.45) is 0 Å². The quantitative estimate of drug-likeness (QED) is 0.645. The maximum absolute atomic E-state index is 11.8. The zero-order valence-electron chi connectivity index (χ0n) is 9.19. The lowest BCUT2D eigenvalue weighted by molar-refractivity contribution is -0.135. The molecule has 4 nitrogen and oxygen atoms in total. The lowest BCUT2D eigenvalue weighted by Gasteiger charge is -2.01. The van der Waals surface area contributed by atoms with E-state index in [2.05, 4.69) is 5.32 Å². The Hall–Kier alpha value is -1.88. The predicted octanol–water partition coefficient (Wildman–Crippen LogP) is 2.60. The first-order chi connectivity index (χ1) is 8.13. The number of Topliss-reactive ketones (excluding diaryl/α,β-unsaturated/α-hetero) is 1. The molecule has 2 aromatic rings. The Labute approximate surface area is 102 Å². The largest absolute Gasteiger partial charge is 0.481 e. The molecule has 0 radical (unpaired) electrons. The summed E-state index contributed by atoms with van der Waals surface area (Å²) in [4.78, 5) is 22.8. The molecule has 0 aliphatic heterocycles. The van der Waals surface area contributed by atoms with Crippen molar-refractivity contribution in [3.05, 3.63) is 29.1 Å². The Balaban J connectivity index is 2.53. The minimum absolute atomic E-state index is 0.358. The van der Waals surface area contributed by atoms with Gasteiger partial charge in [0.2, 0.25) is 0 Å². The van der Waals surface area contributed by atoms with Crippen molar-refractivity contribution >= 4 is 38.9 Å². The highest BCUT2D eigenvalue weighted by Crippen LogP contribution is 2.36. The summed E-state index contributed by atoms with van der Waals surface area (Å²) in [5, 5.41) is 12.6.